The highest BCUT2D eigenvalue weighted by Crippen LogP contribution is 2.42. The zero-order valence-electron chi connectivity index (χ0n) is 18.5. The Hall–Kier alpha value is -2.77. The van der Waals surface area contributed by atoms with Crippen molar-refractivity contribution in [3.8, 4) is 23.0 Å². The molecule has 0 amide bonds. The van der Waals surface area contributed by atoms with Crippen LogP contribution in [0.3, 0.4) is 0 Å². The first-order valence-corrected chi connectivity index (χ1v) is 11.2. The number of likely N-dealkylation sites (tertiary alicyclic amines) is 1. The third-order valence-corrected chi connectivity index (χ3v) is 6.09. The molecule has 7 heteroatoms. The quantitative estimate of drug-likeness (QED) is 0.631. The molecule has 0 bridgehead atoms. The van der Waals surface area contributed by atoms with Crippen molar-refractivity contribution >= 4 is 5.78 Å². The van der Waals surface area contributed by atoms with E-state index < -0.39 is 12.2 Å². The van der Waals surface area contributed by atoms with E-state index >= 15 is 0 Å². The van der Waals surface area contributed by atoms with Gasteiger partial charge in [0.05, 0.1) is 6.42 Å². The summed E-state index contributed by atoms with van der Waals surface area (Å²) in [5.74, 6) is 1.53. The Morgan fingerprint density at radius 3 is 2.50 bits per heavy atom. The number of Topliss-reactive ketones (excluding diaryl/α,β-unsaturated/α-hetero) is 1. The highest BCUT2D eigenvalue weighted by atomic mass is 16.5. The largest absolute Gasteiger partial charge is 0.508 e. The maximum Gasteiger partial charge on any atom is 0.174 e. The first-order valence-electron chi connectivity index (χ1n) is 11.2. The number of aromatic hydroxyl groups is 2. The van der Waals surface area contributed by atoms with Crippen LogP contribution in [0.1, 0.15) is 48.7 Å². The molecule has 0 spiro atoms. The van der Waals surface area contributed by atoms with Gasteiger partial charge in [-0.3, -0.25) is 4.79 Å². The van der Waals surface area contributed by atoms with Crippen molar-refractivity contribution in [2.45, 2.75) is 38.9 Å². The molecule has 172 valence electrons. The minimum atomic E-state index is -0.669. The minimum absolute atomic E-state index is 0.0762. The van der Waals surface area contributed by atoms with Gasteiger partial charge in [-0.05, 0) is 36.0 Å². The zero-order chi connectivity index (χ0) is 22.8. The van der Waals surface area contributed by atoms with Crippen molar-refractivity contribution in [2.24, 2.45) is 11.8 Å². The molecule has 0 aromatic heterocycles. The second-order valence-electron chi connectivity index (χ2n) is 9.27. The van der Waals surface area contributed by atoms with Gasteiger partial charge in [0.25, 0.3) is 0 Å². The minimum Gasteiger partial charge on any atom is -0.508 e. The van der Waals surface area contributed by atoms with Crippen molar-refractivity contribution in [2.75, 3.05) is 26.2 Å². The van der Waals surface area contributed by atoms with Crippen LogP contribution in [-0.4, -0.2) is 58.3 Å². The maximum atomic E-state index is 12.6. The van der Waals surface area contributed by atoms with E-state index in [9.17, 15) is 20.1 Å². The monoisotopic (exact) mass is 441 g/mol. The zero-order valence-corrected chi connectivity index (χ0v) is 18.5. The number of hydrogen-bond donors (Lipinski definition) is 3. The molecule has 4 atom stereocenters. The Bertz CT molecular complexity index is 950. The number of β-amino-alcohol motifs (C(OH)–C–C–N with tert-alkyl or cyclic N) is 1. The van der Waals surface area contributed by atoms with Crippen molar-refractivity contribution < 1.29 is 29.6 Å². The van der Waals surface area contributed by atoms with Crippen molar-refractivity contribution in [3.63, 3.8) is 0 Å². The topological polar surface area (TPSA) is 99.5 Å². The summed E-state index contributed by atoms with van der Waals surface area (Å²) in [6.07, 6.45) is 0.120. The number of hydrogen-bond acceptors (Lipinski definition) is 7. The second kappa shape index (κ2) is 9.38. The standard InChI is InChI=1S/C25H31NO6/c1-15-7-16(2)12-26(11-15)13-19(28)14-31-20-8-21(29)25-22(30)10-23(32-24(25)9-20)17-3-5-18(27)6-4-17/h3-6,8-9,15-16,19,23,27-29H,7,10-14H2,1-2H3. The Morgan fingerprint density at radius 2 is 1.81 bits per heavy atom. The molecule has 7 nitrogen and oxygen atoms in total. The molecule has 1 fully saturated rings. The number of nitrogens with zero attached hydrogens (tertiary/aromatic N) is 1. The number of aliphatic hydroxyl groups is 1. The average Bonchev–Trinajstić information content (AvgIpc) is 2.71. The van der Waals surface area contributed by atoms with Crippen LogP contribution in [0, 0.1) is 11.8 Å². The van der Waals surface area contributed by atoms with E-state index in [2.05, 4.69) is 18.7 Å². The molecule has 32 heavy (non-hydrogen) atoms. The van der Waals surface area contributed by atoms with Crippen LogP contribution in [0.4, 0.5) is 0 Å². The van der Waals surface area contributed by atoms with E-state index in [-0.39, 0.29) is 41.6 Å². The summed E-state index contributed by atoms with van der Waals surface area (Å²) >= 11 is 0. The normalized spacial score (nSPS) is 24.5. The summed E-state index contributed by atoms with van der Waals surface area (Å²) in [5, 5.41) is 30.4. The molecule has 2 heterocycles. The molecule has 0 saturated carbocycles. The first-order chi connectivity index (χ1) is 15.3. The number of phenolic OH excluding ortho intramolecular Hbond substituents is 2. The van der Waals surface area contributed by atoms with Crippen LogP contribution >= 0.6 is 0 Å². The van der Waals surface area contributed by atoms with E-state index in [1.807, 2.05) is 0 Å². The van der Waals surface area contributed by atoms with Gasteiger partial charge in [-0.25, -0.2) is 0 Å². The highest BCUT2D eigenvalue weighted by molar-refractivity contribution is 6.02. The molecule has 0 radical (unpaired) electrons. The number of aliphatic hydroxyl groups excluding tert-OH is 1. The van der Waals surface area contributed by atoms with Gasteiger partial charge in [0, 0.05) is 31.8 Å². The predicted octanol–water partition coefficient (Wildman–Crippen LogP) is 3.52. The molecule has 2 aliphatic heterocycles. The van der Waals surface area contributed by atoms with E-state index in [4.69, 9.17) is 9.47 Å². The van der Waals surface area contributed by atoms with Crippen LogP contribution in [-0.2, 0) is 0 Å². The molecule has 4 unspecified atom stereocenters. The van der Waals surface area contributed by atoms with E-state index in [1.54, 1.807) is 30.3 Å². The fourth-order valence-corrected chi connectivity index (χ4v) is 4.86. The van der Waals surface area contributed by atoms with Gasteiger partial charge in [-0.1, -0.05) is 26.0 Å². The number of rotatable bonds is 6. The Kier molecular flexibility index (Phi) is 6.58. The van der Waals surface area contributed by atoms with Crippen LogP contribution in [0.2, 0.25) is 0 Å². The van der Waals surface area contributed by atoms with Gasteiger partial charge in [-0.2, -0.15) is 0 Å². The summed E-state index contributed by atoms with van der Waals surface area (Å²) in [5.41, 5.74) is 0.900. The lowest BCUT2D eigenvalue weighted by atomic mass is 9.92. The molecule has 2 aliphatic rings. The highest BCUT2D eigenvalue weighted by Gasteiger charge is 2.31. The molecule has 0 aliphatic carbocycles. The molecule has 2 aromatic rings. The number of ketones is 1. The maximum absolute atomic E-state index is 12.6. The van der Waals surface area contributed by atoms with Gasteiger partial charge in [0.1, 0.15) is 47.4 Å². The lowest BCUT2D eigenvalue weighted by Crippen LogP contribution is -2.44. The number of benzene rings is 2. The van der Waals surface area contributed by atoms with Gasteiger partial charge in [0.2, 0.25) is 0 Å². The molecule has 4 rings (SSSR count). The molecule has 1 saturated heterocycles. The van der Waals surface area contributed by atoms with Crippen molar-refractivity contribution in [1.29, 1.82) is 0 Å². The third-order valence-electron chi connectivity index (χ3n) is 6.09. The number of carbonyl (C=O) groups excluding carboxylic acids is 1. The van der Waals surface area contributed by atoms with Crippen LogP contribution in [0.15, 0.2) is 36.4 Å². The van der Waals surface area contributed by atoms with Crippen molar-refractivity contribution in [1.82, 2.24) is 4.90 Å². The number of phenols is 2. The van der Waals surface area contributed by atoms with Crippen LogP contribution in [0.25, 0.3) is 0 Å². The van der Waals surface area contributed by atoms with Crippen molar-refractivity contribution in [3.05, 3.63) is 47.5 Å². The summed E-state index contributed by atoms with van der Waals surface area (Å²) in [6.45, 7) is 7.00. The third kappa shape index (κ3) is 5.16. The van der Waals surface area contributed by atoms with Gasteiger partial charge in [-0.15, -0.1) is 0 Å². The van der Waals surface area contributed by atoms with Gasteiger partial charge < -0.3 is 29.7 Å². The van der Waals surface area contributed by atoms with Gasteiger partial charge in [0.15, 0.2) is 5.78 Å². The predicted molar refractivity (Wildman–Crippen MR) is 119 cm³/mol. The van der Waals surface area contributed by atoms with E-state index in [0.29, 0.717) is 24.1 Å². The summed E-state index contributed by atoms with van der Waals surface area (Å²) in [4.78, 5) is 14.9. The molecule has 3 N–H and O–H groups in total. The van der Waals surface area contributed by atoms with Gasteiger partial charge >= 0.3 is 0 Å². The SMILES string of the molecule is CC1CC(C)CN(CC(O)COc2cc(O)c3c(c2)OC(c2ccc(O)cc2)CC3=O)C1. The number of ether oxygens (including phenoxy) is 2. The molecule has 2 aromatic carbocycles. The first kappa shape index (κ1) is 22.4. The second-order valence-corrected chi connectivity index (χ2v) is 9.27. The summed E-state index contributed by atoms with van der Waals surface area (Å²) < 4.78 is 11.7. The fourth-order valence-electron chi connectivity index (χ4n) is 4.86. The number of fused-ring (bicyclic) bond motifs is 1. The lowest BCUT2D eigenvalue weighted by molar-refractivity contribution is 0.0426. The Morgan fingerprint density at radius 1 is 1.12 bits per heavy atom. The number of piperidine rings is 1. The average molecular weight is 442 g/mol. The Labute approximate surface area is 188 Å². The number of carbonyl (C=O) groups is 1. The molecular weight excluding hydrogens is 410 g/mol. The fraction of sp³-hybridized carbons (Fsp3) is 0.480. The van der Waals surface area contributed by atoms with Crippen LogP contribution in [0.5, 0.6) is 23.0 Å². The van der Waals surface area contributed by atoms with E-state index in [0.717, 1.165) is 18.7 Å². The smallest absolute Gasteiger partial charge is 0.174 e. The summed E-state index contributed by atoms with van der Waals surface area (Å²) in [7, 11) is 0. The Balaban J connectivity index is 1.42. The lowest BCUT2D eigenvalue weighted by Gasteiger charge is -2.35. The summed E-state index contributed by atoms with van der Waals surface area (Å²) in [6, 6.07) is 9.46. The van der Waals surface area contributed by atoms with Crippen LogP contribution < -0.4 is 9.47 Å². The van der Waals surface area contributed by atoms with E-state index in [1.165, 1.54) is 12.5 Å². The molecular formula is C25H31NO6.